The van der Waals surface area contributed by atoms with E-state index in [9.17, 15) is 14.7 Å². The fourth-order valence-electron chi connectivity index (χ4n) is 4.87. The molecule has 0 bridgehead atoms. The van der Waals surface area contributed by atoms with Crippen LogP contribution < -0.4 is 14.9 Å². The highest BCUT2D eigenvalue weighted by Crippen LogP contribution is 2.29. The third-order valence-electron chi connectivity index (χ3n) is 7.65. The van der Waals surface area contributed by atoms with E-state index >= 15 is 0 Å². The van der Waals surface area contributed by atoms with Crippen LogP contribution in [0.1, 0.15) is 67.3 Å². The first-order valence-electron chi connectivity index (χ1n) is 16.8. The minimum atomic E-state index is -0.993. The number of hydrogen-bond donors (Lipinski definition) is 2. The first-order valence-corrected chi connectivity index (χ1v) is 17.6. The number of carbonyl (C=O) groups excluding carboxylic acids is 2. The van der Waals surface area contributed by atoms with Gasteiger partial charge in [-0.05, 0) is 73.0 Å². The Morgan fingerprint density at radius 2 is 1.71 bits per heavy atom. The molecule has 0 saturated carbocycles. The maximum absolute atomic E-state index is 13.2. The number of esters is 2. The zero-order valence-corrected chi connectivity index (χ0v) is 29.5. The van der Waals surface area contributed by atoms with Crippen molar-refractivity contribution < 1.29 is 33.6 Å². The number of rotatable bonds is 18. The van der Waals surface area contributed by atoms with Crippen molar-refractivity contribution in [2.24, 2.45) is 5.10 Å². The van der Waals surface area contributed by atoms with Crippen molar-refractivity contribution in [2.75, 3.05) is 25.2 Å². The maximum Gasteiger partial charge on any atom is 0.343 e. The summed E-state index contributed by atoms with van der Waals surface area (Å²) in [6, 6.07) is 27.4. The minimum Gasteiger partial charge on any atom is -0.493 e. The normalized spacial score (nSPS) is 11.7. The summed E-state index contributed by atoms with van der Waals surface area (Å²) in [6.45, 7) is 8.33. The molecule has 0 spiro atoms. The number of para-hydroxylation sites is 1. The van der Waals surface area contributed by atoms with E-state index in [2.05, 4.69) is 29.0 Å². The van der Waals surface area contributed by atoms with Crippen LogP contribution in [0.4, 0.5) is 5.13 Å². The molecule has 2 N–H and O–H groups in total. The van der Waals surface area contributed by atoms with Gasteiger partial charge in [0.2, 0.25) is 5.13 Å². The Labute approximate surface area is 301 Å². The number of aromatic nitrogens is 1. The minimum absolute atomic E-state index is 0.221. The van der Waals surface area contributed by atoms with Gasteiger partial charge in [0.15, 0.2) is 6.29 Å². The highest BCUT2D eigenvalue weighted by atomic mass is 32.1. The molecule has 5 aromatic rings. The van der Waals surface area contributed by atoms with Crippen LogP contribution in [-0.2, 0) is 14.3 Å². The SMILES string of the molecule is C=C(C)C(=O)OCCCOc1ccc(C(=O)Oc2ccc(-c3ccc(C(O)OCCCCC)cc3)cc2/C=N/Nc2nc3ccccc3s2)cc1. The second-order valence-corrected chi connectivity index (χ2v) is 12.7. The smallest absolute Gasteiger partial charge is 0.343 e. The number of aliphatic hydroxyl groups excluding tert-OH is 1. The van der Waals surface area contributed by atoms with Crippen LogP contribution in [0.3, 0.4) is 0 Å². The lowest BCUT2D eigenvalue weighted by Crippen LogP contribution is -2.10. The topological polar surface area (TPSA) is 129 Å². The molecule has 0 saturated heterocycles. The van der Waals surface area contributed by atoms with Gasteiger partial charge in [-0.15, -0.1) is 0 Å². The summed E-state index contributed by atoms with van der Waals surface area (Å²) in [5, 5.41) is 15.5. The number of benzene rings is 4. The van der Waals surface area contributed by atoms with Crippen LogP contribution >= 0.6 is 11.3 Å². The number of hydrogen-bond acceptors (Lipinski definition) is 11. The van der Waals surface area contributed by atoms with E-state index in [-0.39, 0.29) is 6.61 Å². The fraction of sp³-hybridized carbons (Fsp3) is 0.250. The number of nitrogens with zero attached hydrogens (tertiary/aromatic N) is 2. The third-order valence-corrected chi connectivity index (χ3v) is 8.59. The molecule has 1 heterocycles. The Bertz CT molecular complexity index is 1920. The zero-order valence-electron chi connectivity index (χ0n) is 28.7. The first kappa shape index (κ1) is 36.9. The number of thiazole rings is 1. The predicted octanol–water partition coefficient (Wildman–Crippen LogP) is 8.71. The molecule has 5 rings (SSSR count). The molecule has 0 aliphatic heterocycles. The molecule has 0 fully saturated rings. The number of aliphatic hydroxyl groups is 1. The van der Waals surface area contributed by atoms with Gasteiger partial charge in [-0.3, -0.25) is 5.43 Å². The molecule has 4 aromatic carbocycles. The standard InChI is InChI=1S/C40H41N3O7S/c1-4-5-8-22-49-38(45)29-14-12-28(13-15-29)31-18-21-35(32(25-31)26-41-43-40-42-34-10-6-7-11-36(34)51-40)50-39(46)30-16-19-33(20-17-30)47-23-9-24-48-37(44)27(2)3/h6-7,10-21,25-26,38,45H,2,4-5,8-9,22-24H2,1,3H3,(H,42,43)/b41-26+. The highest BCUT2D eigenvalue weighted by Gasteiger charge is 2.14. The Morgan fingerprint density at radius 3 is 2.45 bits per heavy atom. The number of ether oxygens (including phenoxy) is 4. The Kier molecular flexibility index (Phi) is 13.4. The predicted molar refractivity (Wildman–Crippen MR) is 200 cm³/mol. The number of unbranched alkanes of at least 4 members (excludes halogenated alkanes) is 2. The van der Waals surface area contributed by atoms with E-state index in [1.807, 2.05) is 60.7 Å². The van der Waals surface area contributed by atoms with Crippen LogP contribution in [0, 0.1) is 0 Å². The average Bonchev–Trinajstić information content (AvgIpc) is 3.57. The van der Waals surface area contributed by atoms with Crippen molar-refractivity contribution in [1.29, 1.82) is 0 Å². The van der Waals surface area contributed by atoms with Gasteiger partial charge in [-0.25, -0.2) is 14.6 Å². The van der Waals surface area contributed by atoms with Gasteiger partial charge in [0.25, 0.3) is 0 Å². The molecule has 0 radical (unpaired) electrons. The van der Waals surface area contributed by atoms with Crippen LogP contribution in [0.25, 0.3) is 21.3 Å². The van der Waals surface area contributed by atoms with E-state index in [1.54, 1.807) is 43.5 Å². The second kappa shape index (κ2) is 18.6. The van der Waals surface area contributed by atoms with Crippen molar-refractivity contribution in [2.45, 2.75) is 45.8 Å². The summed E-state index contributed by atoms with van der Waals surface area (Å²) < 4.78 is 23.3. The van der Waals surface area contributed by atoms with E-state index in [0.29, 0.717) is 58.5 Å². The molecule has 1 unspecified atom stereocenters. The Morgan fingerprint density at radius 1 is 0.941 bits per heavy atom. The van der Waals surface area contributed by atoms with E-state index in [1.165, 1.54) is 11.3 Å². The molecular weight excluding hydrogens is 667 g/mol. The molecular formula is C40H41N3O7S. The lowest BCUT2D eigenvalue weighted by molar-refractivity contribution is -0.139. The molecule has 1 aromatic heterocycles. The zero-order chi connectivity index (χ0) is 36.0. The molecule has 0 aliphatic carbocycles. The molecule has 10 nitrogen and oxygen atoms in total. The summed E-state index contributed by atoms with van der Waals surface area (Å²) in [5.74, 6) is -0.0968. The summed E-state index contributed by atoms with van der Waals surface area (Å²) in [6.07, 6.45) is 4.14. The highest BCUT2D eigenvalue weighted by molar-refractivity contribution is 7.22. The van der Waals surface area contributed by atoms with Crippen molar-refractivity contribution in [3.63, 3.8) is 0 Å². The number of anilines is 1. The molecule has 0 amide bonds. The van der Waals surface area contributed by atoms with Crippen molar-refractivity contribution in [1.82, 2.24) is 4.98 Å². The number of nitrogens with one attached hydrogen (secondary N) is 1. The van der Waals surface area contributed by atoms with Gasteiger partial charge >= 0.3 is 11.9 Å². The van der Waals surface area contributed by atoms with Crippen LogP contribution in [-0.4, -0.2) is 48.1 Å². The second-order valence-electron chi connectivity index (χ2n) is 11.7. The number of fused-ring (bicyclic) bond motifs is 1. The van der Waals surface area contributed by atoms with Gasteiger partial charge in [0.05, 0.1) is 41.8 Å². The van der Waals surface area contributed by atoms with Gasteiger partial charge in [-0.1, -0.05) is 80.1 Å². The van der Waals surface area contributed by atoms with E-state index in [0.717, 1.165) is 40.6 Å². The fourth-order valence-corrected chi connectivity index (χ4v) is 5.68. The van der Waals surface area contributed by atoms with Crippen LogP contribution in [0.5, 0.6) is 11.5 Å². The number of hydrazone groups is 1. The monoisotopic (exact) mass is 707 g/mol. The Balaban J connectivity index is 1.28. The van der Waals surface area contributed by atoms with Gasteiger partial charge in [0, 0.05) is 23.1 Å². The largest absolute Gasteiger partial charge is 0.493 e. The van der Waals surface area contributed by atoms with E-state index in [4.69, 9.17) is 18.9 Å². The van der Waals surface area contributed by atoms with Gasteiger partial charge in [0.1, 0.15) is 11.5 Å². The van der Waals surface area contributed by atoms with Gasteiger partial charge in [-0.2, -0.15) is 5.10 Å². The number of carbonyl (C=O) groups is 2. The molecule has 11 heteroatoms. The van der Waals surface area contributed by atoms with Crippen molar-refractivity contribution in [3.8, 4) is 22.6 Å². The van der Waals surface area contributed by atoms with Crippen molar-refractivity contribution >= 4 is 44.8 Å². The van der Waals surface area contributed by atoms with Crippen molar-refractivity contribution in [3.05, 3.63) is 120 Å². The molecule has 1 atom stereocenters. The Hall–Kier alpha value is -5.36. The average molecular weight is 708 g/mol. The summed E-state index contributed by atoms with van der Waals surface area (Å²) in [4.78, 5) is 29.3. The lowest BCUT2D eigenvalue weighted by Gasteiger charge is -2.13. The summed E-state index contributed by atoms with van der Waals surface area (Å²) in [7, 11) is 0. The quantitative estimate of drug-likeness (QED) is 0.0175. The summed E-state index contributed by atoms with van der Waals surface area (Å²) >= 11 is 1.48. The van der Waals surface area contributed by atoms with Gasteiger partial charge < -0.3 is 24.1 Å². The molecule has 264 valence electrons. The third kappa shape index (κ3) is 10.8. The first-order chi connectivity index (χ1) is 24.8. The lowest BCUT2D eigenvalue weighted by atomic mass is 10.0. The van der Waals surface area contributed by atoms with Crippen LogP contribution in [0.15, 0.2) is 108 Å². The summed E-state index contributed by atoms with van der Waals surface area (Å²) in [5.41, 5.74) is 7.53. The molecule has 0 aliphatic rings. The van der Waals surface area contributed by atoms with E-state index < -0.39 is 18.2 Å². The van der Waals surface area contributed by atoms with Crippen LogP contribution in [0.2, 0.25) is 0 Å². The maximum atomic E-state index is 13.2. The molecule has 51 heavy (non-hydrogen) atoms.